The van der Waals surface area contributed by atoms with Gasteiger partial charge < -0.3 is 0 Å². The number of rotatable bonds is 1. The van der Waals surface area contributed by atoms with Crippen molar-refractivity contribution in [3.05, 3.63) is 60.3 Å². The zero-order valence-corrected chi connectivity index (χ0v) is 10.2. The smallest absolute Gasteiger partial charge is 0.269 e. The highest BCUT2D eigenvalue weighted by atomic mass is 16.2. The first-order valence-corrected chi connectivity index (χ1v) is 5.64. The van der Waals surface area contributed by atoms with Crippen LogP contribution in [-0.2, 0) is 9.59 Å². The van der Waals surface area contributed by atoms with E-state index in [9.17, 15) is 9.59 Å². The monoisotopic (exact) mass is 244 g/mol. The molecule has 0 aromatic heterocycles. The van der Waals surface area contributed by atoms with E-state index in [1.807, 2.05) is 36.5 Å². The molecule has 1 aliphatic rings. The Bertz CT molecular complexity index is 454. The highest BCUT2D eigenvalue weighted by Gasteiger charge is 2.04. The van der Waals surface area contributed by atoms with Crippen molar-refractivity contribution in [3.63, 3.8) is 0 Å². The van der Waals surface area contributed by atoms with Crippen LogP contribution in [0.2, 0.25) is 0 Å². The summed E-state index contributed by atoms with van der Waals surface area (Å²) >= 11 is 0. The van der Waals surface area contributed by atoms with Crippen LogP contribution in [0, 0.1) is 0 Å². The lowest BCUT2D eigenvalue weighted by atomic mass is 10.2. The standard InChI is InChI=1S/C14H16N2O2/c1-12(17)15-16-14(18)13-10-8-6-4-2-3-5-7-9-11-13/h2-6,8-11H,7H2,1H3,(H,15,17)(H,16,18)/b4-2-,5-3-,8-6-,11-9?,13-10+. The molecular formula is C14H16N2O2. The zero-order valence-electron chi connectivity index (χ0n) is 10.2. The molecule has 4 heteroatoms. The second kappa shape index (κ2) is 7.84. The van der Waals surface area contributed by atoms with Crippen molar-refractivity contribution in [2.24, 2.45) is 0 Å². The molecule has 0 saturated heterocycles. The molecule has 0 unspecified atom stereocenters. The Labute approximate surface area is 106 Å². The van der Waals surface area contributed by atoms with Crippen LogP contribution < -0.4 is 10.9 Å². The fraction of sp³-hybridized carbons (Fsp3) is 0.143. The van der Waals surface area contributed by atoms with E-state index in [0.29, 0.717) is 5.57 Å². The van der Waals surface area contributed by atoms with Crippen LogP contribution in [0.25, 0.3) is 0 Å². The van der Waals surface area contributed by atoms with Gasteiger partial charge in [0.2, 0.25) is 5.91 Å². The van der Waals surface area contributed by atoms with Crippen molar-refractivity contribution < 1.29 is 9.59 Å². The van der Waals surface area contributed by atoms with Gasteiger partial charge in [0.15, 0.2) is 0 Å². The molecule has 94 valence electrons. The Morgan fingerprint density at radius 1 is 1.00 bits per heavy atom. The van der Waals surface area contributed by atoms with Crippen molar-refractivity contribution in [2.45, 2.75) is 13.3 Å². The van der Waals surface area contributed by atoms with Crippen molar-refractivity contribution in [1.29, 1.82) is 0 Å². The van der Waals surface area contributed by atoms with Gasteiger partial charge in [-0.1, -0.05) is 48.6 Å². The Morgan fingerprint density at radius 3 is 2.50 bits per heavy atom. The Balaban J connectivity index is 2.75. The van der Waals surface area contributed by atoms with Crippen LogP contribution in [0.5, 0.6) is 0 Å². The number of carbonyl (C=O) groups excluding carboxylic acids is 2. The van der Waals surface area contributed by atoms with E-state index < -0.39 is 0 Å². The predicted molar refractivity (Wildman–Crippen MR) is 71.2 cm³/mol. The molecule has 0 radical (unpaired) electrons. The summed E-state index contributed by atoms with van der Waals surface area (Å²) < 4.78 is 0. The maximum atomic E-state index is 11.7. The first-order valence-electron chi connectivity index (χ1n) is 5.64. The number of carbonyl (C=O) groups is 2. The van der Waals surface area contributed by atoms with E-state index >= 15 is 0 Å². The van der Waals surface area contributed by atoms with Gasteiger partial charge in [0.25, 0.3) is 5.91 Å². The summed E-state index contributed by atoms with van der Waals surface area (Å²) in [4.78, 5) is 22.4. The van der Waals surface area contributed by atoms with Crippen LogP contribution in [0.3, 0.4) is 0 Å². The first-order chi connectivity index (χ1) is 8.70. The molecule has 1 aliphatic carbocycles. The molecule has 0 spiro atoms. The molecule has 0 atom stereocenters. The molecule has 0 aromatic carbocycles. The van der Waals surface area contributed by atoms with Gasteiger partial charge in [-0.3, -0.25) is 20.4 Å². The highest BCUT2D eigenvalue weighted by Crippen LogP contribution is 2.01. The quantitative estimate of drug-likeness (QED) is 0.690. The number of allylic oxidation sites excluding steroid dienone is 8. The second-order valence-corrected chi connectivity index (χ2v) is 3.59. The fourth-order valence-electron chi connectivity index (χ4n) is 1.21. The molecule has 2 amide bonds. The molecule has 0 fully saturated rings. The Hall–Kier alpha value is -2.36. The SMILES string of the molecule is CC(=O)NNC(=O)/C1=C/C=C\C=C/C=C\CC=C1. The minimum Gasteiger partial charge on any atom is -0.274 e. The lowest BCUT2D eigenvalue weighted by Gasteiger charge is -2.04. The maximum absolute atomic E-state index is 11.7. The normalized spacial score (nSPS) is 22.8. The number of nitrogens with one attached hydrogen (secondary N) is 2. The average molecular weight is 244 g/mol. The van der Waals surface area contributed by atoms with Crippen molar-refractivity contribution in [2.75, 3.05) is 0 Å². The largest absolute Gasteiger partial charge is 0.274 e. The van der Waals surface area contributed by atoms with Gasteiger partial charge in [0.05, 0.1) is 0 Å². The first kappa shape index (κ1) is 13.7. The van der Waals surface area contributed by atoms with Crippen LogP contribution in [0.1, 0.15) is 13.3 Å². The van der Waals surface area contributed by atoms with Crippen molar-refractivity contribution in [3.8, 4) is 0 Å². The van der Waals surface area contributed by atoms with E-state index in [1.165, 1.54) is 6.92 Å². The van der Waals surface area contributed by atoms with E-state index in [0.717, 1.165) is 6.42 Å². The van der Waals surface area contributed by atoms with Crippen molar-refractivity contribution in [1.82, 2.24) is 10.9 Å². The number of hydrogen-bond acceptors (Lipinski definition) is 2. The van der Waals surface area contributed by atoms with Crippen LogP contribution in [-0.4, -0.2) is 11.8 Å². The zero-order chi connectivity index (χ0) is 13.2. The molecule has 0 aromatic rings. The van der Waals surface area contributed by atoms with E-state index in [-0.39, 0.29) is 11.8 Å². The summed E-state index contributed by atoms with van der Waals surface area (Å²) in [5, 5.41) is 0. The van der Waals surface area contributed by atoms with Gasteiger partial charge >= 0.3 is 0 Å². The average Bonchev–Trinajstić information content (AvgIpc) is 2.40. The van der Waals surface area contributed by atoms with Crippen LogP contribution in [0.15, 0.2) is 60.3 Å². The molecule has 18 heavy (non-hydrogen) atoms. The van der Waals surface area contributed by atoms with E-state index in [2.05, 4.69) is 10.9 Å². The summed E-state index contributed by atoms with van der Waals surface area (Å²) in [5.41, 5.74) is 5.05. The molecule has 4 nitrogen and oxygen atoms in total. The van der Waals surface area contributed by atoms with Gasteiger partial charge in [-0.25, -0.2) is 0 Å². The molecule has 0 heterocycles. The third kappa shape index (κ3) is 5.65. The number of amides is 2. The Morgan fingerprint density at radius 2 is 1.72 bits per heavy atom. The lowest BCUT2D eigenvalue weighted by molar-refractivity contribution is -0.125. The molecular weight excluding hydrogens is 228 g/mol. The molecule has 0 saturated carbocycles. The van der Waals surface area contributed by atoms with E-state index in [1.54, 1.807) is 18.2 Å². The minimum atomic E-state index is -0.349. The summed E-state index contributed by atoms with van der Waals surface area (Å²) in [6.45, 7) is 1.33. The number of hydrazine groups is 1. The second-order valence-electron chi connectivity index (χ2n) is 3.59. The Kier molecular flexibility index (Phi) is 5.97. The van der Waals surface area contributed by atoms with Gasteiger partial charge in [0, 0.05) is 12.5 Å². The van der Waals surface area contributed by atoms with Crippen molar-refractivity contribution >= 4 is 11.8 Å². The maximum Gasteiger partial charge on any atom is 0.269 e. The third-order valence-electron chi connectivity index (χ3n) is 2.04. The van der Waals surface area contributed by atoms with Gasteiger partial charge in [-0.15, -0.1) is 0 Å². The highest BCUT2D eigenvalue weighted by molar-refractivity contribution is 5.97. The summed E-state index contributed by atoms with van der Waals surface area (Å²) in [6, 6.07) is 0. The van der Waals surface area contributed by atoms with E-state index in [4.69, 9.17) is 0 Å². The fourth-order valence-corrected chi connectivity index (χ4v) is 1.21. The number of hydrogen-bond donors (Lipinski definition) is 2. The minimum absolute atomic E-state index is 0.314. The lowest BCUT2D eigenvalue weighted by Crippen LogP contribution is -2.40. The van der Waals surface area contributed by atoms with Crippen LogP contribution >= 0.6 is 0 Å². The van der Waals surface area contributed by atoms with Gasteiger partial charge in [0.1, 0.15) is 0 Å². The summed E-state index contributed by atoms with van der Waals surface area (Å²) in [5.74, 6) is -0.663. The van der Waals surface area contributed by atoms with Gasteiger partial charge in [-0.2, -0.15) is 0 Å². The topological polar surface area (TPSA) is 58.2 Å². The summed E-state index contributed by atoms with van der Waals surface area (Å²) in [7, 11) is 0. The molecule has 2 N–H and O–H groups in total. The third-order valence-corrected chi connectivity index (χ3v) is 2.04. The molecule has 0 aliphatic heterocycles. The molecule has 1 rings (SSSR count). The summed E-state index contributed by atoms with van der Waals surface area (Å²) in [6.07, 6.45) is 17.3. The van der Waals surface area contributed by atoms with Gasteiger partial charge in [-0.05, 0) is 12.5 Å². The molecule has 0 bridgehead atoms. The predicted octanol–water partition coefficient (Wildman–Crippen LogP) is 1.71. The van der Waals surface area contributed by atoms with Crippen LogP contribution in [0.4, 0.5) is 0 Å².